The van der Waals surface area contributed by atoms with Crippen molar-refractivity contribution in [2.24, 2.45) is 0 Å². The van der Waals surface area contributed by atoms with Crippen LogP contribution in [0.2, 0.25) is 0 Å². The van der Waals surface area contributed by atoms with Crippen LogP contribution < -0.4 is 0 Å². The minimum absolute atomic E-state index is 0.0818. The van der Waals surface area contributed by atoms with Gasteiger partial charge in [0, 0.05) is 19.3 Å². The van der Waals surface area contributed by atoms with Crippen molar-refractivity contribution in [2.45, 2.75) is 329 Å². The van der Waals surface area contributed by atoms with Gasteiger partial charge in [-0.15, -0.1) is 0 Å². The summed E-state index contributed by atoms with van der Waals surface area (Å²) in [5, 5.41) is 0. The molecule has 0 aromatic rings. The molecule has 0 spiro atoms. The summed E-state index contributed by atoms with van der Waals surface area (Å²) in [7, 11) is 0. The molecule has 0 aliphatic heterocycles. The fourth-order valence-electron chi connectivity index (χ4n) is 9.33. The molecule has 0 N–H and O–H groups in total. The monoisotopic (exact) mass is 1060 g/mol. The maximum atomic E-state index is 12.9. The molecule has 0 bridgehead atoms. The molecular formula is C70H122O6. The van der Waals surface area contributed by atoms with Crippen molar-refractivity contribution in [1.29, 1.82) is 0 Å². The highest BCUT2D eigenvalue weighted by Crippen LogP contribution is 2.17. The van der Waals surface area contributed by atoms with E-state index >= 15 is 0 Å². The molecule has 0 heterocycles. The lowest BCUT2D eigenvalue weighted by Gasteiger charge is -2.18. The van der Waals surface area contributed by atoms with E-state index in [1.165, 1.54) is 173 Å². The van der Waals surface area contributed by atoms with Gasteiger partial charge in [0.05, 0.1) is 0 Å². The summed E-state index contributed by atoms with van der Waals surface area (Å²) in [5.41, 5.74) is 0. The minimum atomic E-state index is -0.786. The lowest BCUT2D eigenvalue weighted by atomic mass is 10.0. The van der Waals surface area contributed by atoms with E-state index in [4.69, 9.17) is 14.2 Å². The number of carbonyl (C=O) groups excluding carboxylic acids is 3. The molecule has 0 fully saturated rings. The Morgan fingerprint density at radius 2 is 0.513 bits per heavy atom. The van der Waals surface area contributed by atoms with Gasteiger partial charge in [0.25, 0.3) is 0 Å². The highest BCUT2D eigenvalue weighted by Gasteiger charge is 2.19. The number of esters is 3. The average molecular weight is 1060 g/mol. The van der Waals surface area contributed by atoms with Gasteiger partial charge in [-0.05, 0) is 89.9 Å². The molecule has 1 unspecified atom stereocenters. The number of hydrogen-bond acceptors (Lipinski definition) is 6. The van der Waals surface area contributed by atoms with E-state index in [9.17, 15) is 14.4 Å². The van der Waals surface area contributed by atoms with Crippen molar-refractivity contribution in [3.8, 4) is 0 Å². The molecule has 0 aromatic carbocycles. The maximum Gasteiger partial charge on any atom is 0.306 e. The average Bonchev–Trinajstić information content (AvgIpc) is 3.42. The third-order valence-corrected chi connectivity index (χ3v) is 14.1. The van der Waals surface area contributed by atoms with Gasteiger partial charge in [-0.1, -0.05) is 298 Å². The number of ether oxygens (including phenoxy) is 3. The Kier molecular flexibility index (Phi) is 61.2. The Labute approximate surface area is 471 Å². The van der Waals surface area contributed by atoms with Crippen LogP contribution in [0.15, 0.2) is 85.1 Å². The molecule has 6 nitrogen and oxygen atoms in total. The zero-order chi connectivity index (χ0) is 55.0. The predicted molar refractivity (Wildman–Crippen MR) is 330 cm³/mol. The van der Waals surface area contributed by atoms with Gasteiger partial charge in [-0.3, -0.25) is 14.4 Å². The SMILES string of the molecule is CC/C=C\C/C=C\C/C=C\C/C=C\CCCCCCCCCCCCCCCCCCC(=O)OCC(COC(=O)CCCCC/C=C\C/C=C\C/C=C\CC)OC(=O)CCCCCCCCCCCCCCCCCC. The van der Waals surface area contributed by atoms with Gasteiger partial charge in [0.2, 0.25) is 0 Å². The second-order valence-corrected chi connectivity index (χ2v) is 21.6. The third-order valence-electron chi connectivity index (χ3n) is 14.1. The first-order valence-corrected chi connectivity index (χ1v) is 32.6. The quantitative estimate of drug-likeness (QED) is 0.0261. The molecule has 0 aliphatic carbocycles. The van der Waals surface area contributed by atoms with Crippen LogP contribution in [-0.4, -0.2) is 37.2 Å². The summed E-state index contributed by atoms with van der Waals surface area (Å²) in [5.74, 6) is -0.897. The molecule has 0 amide bonds. The van der Waals surface area contributed by atoms with E-state index in [1.54, 1.807) is 0 Å². The number of rotatable bonds is 59. The summed E-state index contributed by atoms with van der Waals surface area (Å²) in [4.78, 5) is 38.3. The fraction of sp³-hybridized carbons (Fsp3) is 0.757. The van der Waals surface area contributed by atoms with Crippen LogP contribution in [0.5, 0.6) is 0 Å². The first-order valence-electron chi connectivity index (χ1n) is 32.6. The van der Waals surface area contributed by atoms with Crippen LogP contribution in [0.3, 0.4) is 0 Å². The van der Waals surface area contributed by atoms with Crippen molar-refractivity contribution in [3.63, 3.8) is 0 Å². The molecular weight excluding hydrogens is 937 g/mol. The molecule has 0 radical (unpaired) electrons. The Hall–Kier alpha value is -3.41. The van der Waals surface area contributed by atoms with Gasteiger partial charge >= 0.3 is 17.9 Å². The van der Waals surface area contributed by atoms with Crippen LogP contribution in [0.4, 0.5) is 0 Å². The molecule has 0 rings (SSSR count). The Bertz CT molecular complexity index is 1450. The first kappa shape index (κ1) is 72.6. The van der Waals surface area contributed by atoms with E-state index in [0.717, 1.165) is 109 Å². The van der Waals surface area contributed by atoms with Crippen molar-refractivity contribution in [3.05, 3.63) is 85.1 Å². The van der Waals surface area contributed by atoms with E-state index < -0.39 is 6.10 Å². The highest BCUT2D eigenvalue weighted by atomic mass is 16.6. The van der Waals surface area contributed by atoms with Gasteiger partial charge in [0.15, 0.2) is 6.10 Å². The number of hydrogen-bond donors (Lipinski definition) is 0. The normalized spacial score (nSPS) is 12.6. The Morgan fingerprint density at radius 3 is 0.816 bits per heavy atom. The highest BCUT2D eigenvalue weighted by molar-refractivity contribution is 5.71. The summed E-state index contributed by atoms with van der Waals surface area (Å²) in [6.07, 6.45) is 84.6. The van der Waals surface area contributed by atoms with Gasteiger partial charge < -0.3 is 14.2 Å². The number of unbranched alkanes of at least 4 members (excludes halogenated alkanes) is 34. The van der Waals surface area contributed by atoms with Crippen LogP contribution in [0, 0.1) is 0 Å². The Balaban J connectivity index is 4.22. The lowest BCUT2D eigenvalue weighted by Crippen LogP contribution is -2.30. The van der Waals surface area contributed by atoms with Crippen LogP contribution >= 0.6 is 0 Å². The van der Waals surface area contributed by atoms with Crippen molar-refractivity contribution < 1.29 is 28.6 Å². The van der Waals surface area contributed by atoms with Crippen LogP contribution in [0.1, 0.15) is 323 Å². The van der Waals surface area contributed by atoms with Crippen molar-refractivity contribution in [1.82, 2.24) is 0 Å². The zero-order valence-corrected chi connectivity index (χ0v) is 50.3. The van der Waals surface area contributed by atoms with E-state index in [-0.39, 0.29) is 31.1 Å². The molecule has 438 valence electrons. The second-order valence-electron chi connectivity index (χ2n) is 21.6. The molecule has 0 aliphatic rings. The molecule has 1 atom stereocenters. The largest absolute Gasteiger partial charge is 0.462 e. The van der Waals surface area contributed by atoms with Crippen LogP contribution in [0.25, 0.3) is 0 Å². The van der Waals surface area contributed by atoms with Crippen molar-refractivity contribution >= 4 is 17.9 Å². The number of allylic oxidation sites excluding steroid dienone is 14. The fourth-order valence-corrected chi connectivity index (χ4v) is 9.33. The standard InChI is InChI=1S/C70H122O6/c1-4-7-10-13-16-19-22-25-27-29-30-31-32-33-34-35-36-37-38-39-40-41-43-45-48-51-54-57-60-63-69(72)75-66-67(65-74-68(71)62-59-56-53-50-47-44-24-21-18-15-12-9-6-3)76-70(73)64-61-58-55-52-49-46-42-28-26-23-20-17-14-11-8-5-2/h7,9-10,12,16,18-19,21,25,27,30-31,44,47,67H,4-6,8,11,13-15,17,20,22-24,26,28-29,32-43,45-46,48-66H2,1-3H3/b10-7-,12-9-,19-16-,21-18-,27-25-,31-30-,47-44-. The molecule has 0 saturated heterocycles. The molecule has 0 saturated carbocycles. The third kappa shape index (κ3) is 61.4. The summed E-state index contributed by atoms with van der Waals surface area (Å²) in [6.45, 7) is 6.43. The summed E-state index contributed by atoms with van der Waals surface area (Å²) < 4.78 is 16.9. The van der Waals surface area contributed by atoms with E-state index in [1.807, 2.05) is 0 Å². The predicted octanol–water partition coefficient (Wildman–Crippen LogP) is 22.3. The molecule has 0 aromatic heterocycles. The van der Waals surface area contributed by atoms with E-state index in [0.29, 0.717) is 19.3 Å². The van der Waals surface area contributed by atoms with E-state index in [2.05, 4.69) is 106 Å². The topological polar surface area (TPSA) is 78.9 Å². The molecule has 6 heteroatoms. The summed E-state index contributed by atoms with van der Waals surface area (Å²) >= 11 is 0. The Morgan fingerprint density at radius 1 is 0.276 bits per heavy atom. The second kappa shape index (κ2) is 64.1. The van der Waals surface area contributed by atoms with Crippen molar-refractivity contribution in [2.75, 3.05) is 13.2 Å². The summed E-state index contributed by atoms with van der Waals surface area (Å²) in [6, 6.07) is 0. The van der Waals surface area contributed by atoms with Gasteiger partial charge in [0.1, 0.15) is 13.2 Å². The van der Waals surface area contributed by atoms with Gasteiger partial charge in [-0.25, -0.2) is 0 Å². The smallest absolute Gasteiger partial charge is 0.306 e. The zero-order valence-electron chi connectivity index (χ0n) is 50.3. The minimum Gasteiger partial charge on any atom is -0.462 e. The van der Waals surface area contributed by atoms with Gasteiger partial charge in [-0.2, -0.15) is 0 Å². The molecule has 76 heavy (non-hydrogen) atoms. The van der Waals surface area contributed by atoms with Crippen LogP contribution in [-0.2, 0) is 28.6 Å². The number of carbonyl (C=O) groups is 3. The first-order chi connectivity index (χ1) is 37.5. The maximum absolute atomic E-state index is 12.9. The lowest BCUT2D eigenvalue weighted by molar-refractivity contribution is -0.167.